The maximum Gasteiger partial charge on any atom is 0.147 e. The van der Waals surface area contributed by atoms with Crippen LogP contribution < -0.4 is 4.90 Å². The Labute approximate surface area is 139 Å². The molecular formula is C15H17Cl2N5. The molecule has 5 nitrogen and oxygen atoms in total. The zero-order valence-electron chi connectivity index (χ0n) is 12.1. The second-order valence-electron chi connectivity index (χ2n) is 5.23. The predicted octanol–water partition coefficient (Wildman–Crippen LogP) is 2.54. The van der Waals surface area contributed by atoms with Crippen molar-refractivity contribution >= 4 is 29.0 Å². The molecule has 0 unspecified atom stereocenters. The van der Waals surface area contributed by atoms with Crippen molar-refractivity contribution in [2.45, 2.75) is 6.42 Å². The molecule has 3 rings (SSSR count). The van der Waals surface area contributed by atoms with Gasteiger partial charge in [-0.25, -0.2) is 4.98 Å². The summed E-state index contributed by atoms with van der Waals surface area (Å²) in [5, 5.41) is 1.18. The van der Waals surface area contributed by atoms with Crippen LogP contribution in [0.25, 0.3) is 0 Å². The van der Waals surface area contributed by atoms with E-state index in [4.69, 9.17) is 23.2 Å². The first kappa shape index (κ1) is 15.5. The Morgan fingerprint density at radius 2 is 1.82 bits per heavy atom. The summed E-state index contributed by atoms with van der Waals surface area (Å²) in [6.45, 7) is 4.79. The Morgan fingerprint density at radius 3 is 2.50 bits per heavy atom. The third-order valence-electron chi connectivity index (χ3n) is 3.76. The molecule has 1 fully saturated rings. The second kappa shape index (κ2) is 7.22. The van der Waals surface area contributed by atoms with Crippen LogP contribution in [0.2, 0.25) is 10.0 Å². The van der Waals surface area contributed by atoms with Gasteiger partial charge < -0.3 is 4.90 Å². The molecule has 0 aromatic carbocycles. The Hall–Kier alpha value is -1.43. The van der Waals surface area contributed by atoms with Crippen LogP contribution in [0.15, 0.2) is 30.9 Å². The first-order valence-electron chi connectivity index (χ1n) is 7.25. The van der Waals surface area contributed by atoms with Gasteiger partial charge in [-0.3, -0.25) is 14.9 Å². The Bertz CT molecular complexity index is 615. The minimum absolute atomic E-state index is 0.566. The topological polar surface area (TPSA) is 45.2 Å². The van der Waals surface area contributed by atoms with Gasteiger partial charge in [0.15, 0.2) is 0 Å². The van der Waals surface area contributed by atoms with Crippen molar-refractivity contribution in [2.75, 3.05) is 37.6 Å². The lowest BCUT2D eigenvalue weighted by Gasteiger charge is -2.35. The number of hydrogen-bond acceptors (Lipinski definition) is 5. The van der Waals surface area contributed by atoms with Crippen LogP contribution in [0.4, 0.5) is 5.82 Å². The summed E-state index contributed by atoms with van der Waals surface area (Å²) in [7, 11) is 0. The molecule has 22 heavy (non-hydrogen) atoms. The average Bonchev–Trinajstić information content (AvgIpc) is 2.55. The van der Waals surface area contributed by atoms with E-state index in [2.05, 4.69) is 24.8 Å². The highest BCUT2D eigenvalue weighted by molar-refractivity contribution is 6.36. The fourth-order valence-corrected chi connectivity index (χ4v) is 3.05. The molecule has 0 radical (unpaired) electrons. The molecule has 2 aromatic rings. The van der Waals surface area contributed by atoms with Gasteiger partial charge in [-0.15, -0.1) is 0 Å². The highest BCUT2D eigenvalue weighted by Crippen LogP contribution is 2.26. The van der Waals surface area contributed by atoms with Crippen LogP contribution in [0.3, 0.4) is 0 Å². The van der Waals surface area contributed by atoms with Crippen LogP contribution in [0.1, 0.15) is 5.69 Å². The Kier molecular flexibility index (Phi) is 5.08. The van der Waals surface area contributed by atoms with Gasteiger partial charge >= 0.3 is 0 Å². The molecule has 3 heterocycles. The number of nitrogens with zero attached hydrogens (tertiary/aromatic N) is 5. The third kappa shape index (κ3) is 3.85. The fraction of sp³-hybridized carbons (Fsp3) is 0.400. The average molecular weight is 338 g/mol. The lowest BCUT2D eigenvalue weighted by Crippen LogP contribution is -2.47. The van der Waals surface area contributed by atoms with E-state index < -0.39 is 0 Å². The van der Waals surface area contributed by atoms with Crippen LogP contribution in [0, 0.1) is 0 Å². The van der Waals surface area contributed by atoms with Gasteiger partial charge in [-0.2, -0.15) is 0 Å². The van der Waals surface area contributed by atoms with Gasteiger partial charge in [-0.1, -0.05) is 23.2 Å². The molecule has 0 saturated carbocycles. The fourth-order valence-electron chi connectivity index (χ4n) is 2.56. The first-order valence-corrected chi connectivity index (χ1v) is 8.01. The molecule has 0 atom stereocenters. The SMILES string of the molecule is Clc1cnc(N2CCN(CCc3cnccn3)CC2)c(Cl)c1. The van der Waals surface area contributed by atoms with Crippen LogP contribution in [-0.2, 0) is 6.42 Å². The smallest absolute Gasteiger partial charge is 0.147 e. The van der Waals surface area contributed by atoms with Crippen molar-refractivity contribution in [1.82, 2.24) is 19.9 Å². The summed E-state index contributed by atoms with van der Waals surface area (Å²) in [6.07, 6.45) is 7.83. The molecule has 0 spiro atoms. The number of halogens is 2. The zero-order chi connectivity index (χ0) is 15.4. The number of aromatic nitrogens is 3. The standard InChI is InChI=1S/C15H17Cl2N5/c16-12-9-14(17)15(20-10-12)22-7-5-21(6-8-22)4-1-13-11-18-2-3-19-13/h2-3,9-11H,1,4-8H2. The predicted molar refractivity (Wildman–Crippen MR) is 88.6 cm³/mol. The largest absolute Gasteiger partial charge is 0.353 e. The lowest BCUT2D eigenvalue weighted by atomic mass is 10.2. The van der Waals surface area contributed by atoms with Gasteiger partial charge in [-0.05, 0) is 6.07 Å². The third-order valence-corrected chi connectivity index (χ3v) is 4.25. The number of hydrogen-bond donors (Lipinski definition) is 0. The second-order valence-corrected chi connectivity index (χ2v) is 6.08. The van der Waals surface area contributed by atoms with E-state index in [1.54, 1.807) is 24.7 Å². The van der Waals surface area contributed by atoms with Crippen molar-refractivity contribution in [3.05, 3.63) is 46.6 Å². The van der Waals surface area contributed by atoms with E-state index in [9.17, 15) is 0 Å². The minimum atomic E-state index is 0.566. The monoisotopic (exact) mass is 337 g/mol. The maximum absolute atomic E-state index is 6.22. The van der Waals surface area contributed by atoms with Crippen molar-refractivity contribution in [2.24, 2.45) is 0 Å². The number of anilines is 1. The summed E-state index contributed by atoms with van der Waals surface area (Å²) < 4.78 is 0. The lowest BCUT2D eigenvalue weighted by molar-refractivity contribution is 0.259. The van der Waals surface area contributed by atoms with E-state index in [1.165, 1.54) is 0 Å². The summed E-state index contributed by atoms with van der Waals surface area (Å²) >= 11 is 12.1. The molecule has 0 amide bonds. The van der Waals surface area contributed by atoms with Gasteiger partial charge in [0, 0.05) is 63.9 Å². The molecule has 0 aliphatic carbocycles. The van der Waals surface area contributed by atoms with Crippen molar-refractivity contribution < 1.29 is 0 Å². The maximum atomic E-state index is 6.22. The molecule has 0 N–H and O–H groups in total. The van der Waals surface area contributed by atoms with Crippen LogP contribution in [-0.4, -0.2) is 52.6 Å². The van der Waals surface area contributed by atoms with E-state index in [0.717, 1.165) is 50.7 Å². The normalized spacial score (nSPS) is 16.0. The van der Waals surface area contributed by atoms with Gasteiger partial charge in [0.05, 0.1) is 15.7 Å². The molecule has 7 heteroatoms. The molecule has 0 bridgehead atoms. The van der Waals surface area contributed by atoms with Gasteiger partial charge in [0.1, 0.15) is 5.82 Å². The Morgan fingerprint density at radius 1 is 1.00 bits per heavy atom. The summed E-state index contributed by atoms with van der Waals surface area (Å²) in [4.78, 5) is 17.4. The number of piperazine rings is 1. The van der Waals surface area contributed by atoms with Crippen LogP contribution >= 0.6 is 23.2 Å². The minimum Gasteiger partial charge on any atom is -0.353 e. The summed E-state index contributed by atoms with van der Waals surface area (Å²) in [6, 6.07) is 1.74. The zero-order valence-corrected chi connectivity index (χ0v) is 13.6. The number of pyridine rings is 1. The molecular weight excluding hydrogens is 321 g/mol. The van der Waals surface area contributed by atoms with Crippen molar-refractivity contribution in [3.8, 4) is 0 Å². The summed E-state index contributed by atoms with van der Waals surface area (Å²) in [5.41, 5.74) is 1.03. The van der Waals surface area contributed by atoms with Crippen molar-refractivity contribution in [3.63, 3.8) is 0 Å². The van der Waals surface area contributed by atoms with E-state index in [0.29, 0.717) is 10.0 Å². The van der Waals surface area contributed by atoms with Gasteiger partial charge in [0.2, 0.25) is 0 Å². The Balaban J connectivity index is 1.52. The molecule has 116 valence electrons. The van der Waals surface area contributed by atoms with E-state index >= 15 is 0 Å². The highest BCUT2D eigenvalue weighted by Gasteiger charge is 2.19. The van der Waals surface area contributed by atoms with Gasteiger partial charge in [0.25, 0.3) is 0 Å². The highest BCUT2D eigenvalue weighted by atomic mass is 35.5. The van der Waals surface area contributed by atoms with E-state index in [-0.39, 0.29) is 0 Å². The number of rotatable bonds is 4. The first-order chi connectivity index (χ1) is 10.7. The van der Waals surface area contributed by atoms with Crippen LogP contribution in [0.5, 0.6) is 0 Å². The molecule has 2 aromatic heterocycles. The molecule has 1 aliphatic rings. The quantitative estimate of drug-likeness (QED) is 0.857. The van der Waals surface area contributed by atoms with Crippen molar-refractivity contribution in [1.29, 1.82) is 0 Å². The molecule has 1 aliphatic heterocycles. The molecule has 1 saturated heterocycles. The van der Waals surface area contributed by atoms with E-state index in [1.807, 2.05) is 6.20 Å². The summed E-state index contributed by atoms with van der Waals surface area (Å²) in [5.74, 6) is 0.819.